The normalized spacial score (nSPS) is 10.4. The number of imidazole rings is 1. The number of carbonyl (C=O) groups excluding carboxylic acids is 1. The largest absolute Gasteiger partial charge is 0.497 e. The van der Waals surface area contributed by atoms with Crippen LogP contribution in [0.2, 0.25) is 0 Å². The van der Waals surface area contributed by atoms with Gasteiger partial charge in [0, 0.05) is 6.07 Å². The third-order valence-corrected chi connectivity index (χ3v) is 1.99. The van der Waals surface area contributed by atoms with Gasteiger partial charge in [0.25, 0.3) is 0 Å². The molecule has 72 valence electrons. The fraction of sp³-hybridized carbons (Fsp3) is 0.111. The first-order chi connectivity index (χ1) is 6.72. The summed E-state index contributed by atoms with van der Waals surface area (Å²) in [6.07, 6.45) is 1.40. The second kappa shape index (κ2) is 3.02. The first kappa shape index (κ1) is 8.55. The quantitative estimate of drug-likeness (QED) is 0.730. The van der Waals surface area contributed by atoms with Crippen molar-refractivity contribution in [2.75, 3.05) is 7.11 Å². The summed E-state index contributed by atoms with van der Waals surface area (Å²) in [4.78, 5) is 15.0. The number of nitrogens with two attached hydrogens (primary N) is 1. The molecule has 0 radical (unpaired) electrons. The Morgan fingerprint density at radius 3 is 3.00 bits per heavy atom. The molecule has 0 saturated carbocycles. The van der Waals surface area contributed by atoms with Crippen molar-refractivity contribution < 1.29 is 9.53 Å². The highest BCUT2D eigenvalue weighted by atomic mass is 16.5. The van der Waals surface area contributed by atoms with E-state index < -0.39 is 6.03 Å². The number of rotatable bonds is 1. The van der Waals surface area contributed by atoms with Crippen LogP contribution in [0, 0.1) is 0 Å². The number of hydrogen-bond donors (Lipinski definition) is 1. The van der Waals surface area contributed by atoms with Crippen molar-refractivity contribution in [3.8, 4) is 5.75 Å². The van der Waals surface area contributed by atoms with Gasteiger partial charge in [-0.3, -0.25) is 4.57 Å². The van der Waals surface area contributed by atoms with Crippen LogP contribution in [0.1, 0.15) is 0 Å². The zero-order valence-corrected chi connectivity index (χ0v) is 7.60. The van der Waals surface area contributed by atoms with Gasteiger partial charge < -0.3 is 10.5 Å². The van der Waals surface area contributed by atoms with Crippen LogP contribution in [0.5, 0.6) is 5.75 Å². The zero-order chi connectivity index (χ0) is 10.1. The van der Waals surface area contributed by atoms with Gasteiger partial charge in [0.05, 0.1) is 18.1 Å². The third kappa shape index (κ3) is 1.19. The lowest BCUT2D eigenvalue weighted by Crippen LogP contribution is -2.18. The van der Waals surface area contributed by atoms with Crippen LogP contribution >= 0.6 is 0 Å². The highest BCUT2D eigenvalue weighted by Crippen LogP contribution is 2.19. The highest BCUT2D eigenvalue weighted by molar-refractivity contribution is 5.88. The lowest BCUT2D eigenvalue weighted by Gasteiger charge is -2.00. The van der Waals surface area contributed by atoms with Crippen LogP contribution in [-0.2, 0) is 0 Å². The summed E-state index contributed by atoms with van der Waals surface area (Å²) in [7, 11) is 1.56. The molecule has 0 aliphatic rings. The van der Waals surface area contributed by atoms with E-state index in [1.807, 2.05) is 0 Å². The number of methoxy groups -OCH3 is 1. The Balaban J connectivity index is 2.69. The molecule has 2 aromatic rings. The summed E-state index contributed by atoms with van der Waals surface area (Å²) in [5, 5.41) is 0. The molecule has 0 saturated heterocycles. The van der Waals surface area contributed by atoms with Gasteiger partial charge >= 0.3 is 6.03 Å². The van der Waals surface area contributed by atoms with Crippen LogP contribution in [0.15, 0.2) is 24.5 Å². The van der Waals surface area contributed by atoms with E-state index in [1.54, 1.807) is 25.3 Å². The van der Waals surface area contributed by atoms with E-state index >= 15 is 0 Å². The predicted molar refractivity (Wildman–Crippen MR) is 51.3 cm³/mol. The number of ether oxygens (including phenoxy) is 1. The maximum atomic E-state index is 11.0. The van der Waals surface area contributed by atoms with Crippen molar-refractivity contribution >= 4 is 17.1 Å². The average Bonchev–Trinajstić information content (AvgIpc) is 2.59. The molecule has 0 fully saturated rings. The minimum Gasteiger partial charge on any atom is -0.497 e. The molecular formula is C9H9N3O2. The highest BCUT2D eigenvalue weighted by Gasteiger charge is 2.06. The van der Waals surface area contributed by atoms with E-state index in [1.165, 1.54) is 10.9 Å². The van der Waals surface area contributed by atoms with Crippen molar-refractivity contribution in [1.29, 1.82) is 0 Å². The molecule has 0 aliphatic carbocycles. The molecule has 5 nitrogen and oxygen atoms in total. The van der Waals surface area contributed by atoms with E-state index in [0.29, 0.717) is 16.8 Å². The number of benzene rings is 1. The number of fused-ring (bicyclic) bond motifs is 1. The van der Waals surface area contributed by atoms with Gasteiger partial charge in [0.2, 0.25) is 0 Å². The first-order valence-corrected chi connectivity index (χ1v) is 4.03. The molecule has 0 bridgehead atoms. The second-order valence-electron chi connectivity index (χ2n) is 2.81. The lowest BCUT2D eigenvalue weighted by atomic mass is 10.3. The molecule has 0 unspecified atom stereocenters. The Labute approximate surface area is 80.1 Å². The fourth-order valence-electron chi connectivity index (χ4n) is 1.29. The van der Waals surface area contributed by atoms with Crippen LogP contribution < -0.4 is 10.5 Å². The summed E-state index contributed by atoms with van der Waals surface area (Å²) < 4.78 is 6.31. The SMILES string of the molecule is COc1ccc2ncn(C(N)=O)c2c1. The summed E-state index contributed by atoms with van der Waals surface area (Å²) in [6.45, 7) is 0. The van der Waals surface area contributed by atoms with Crippen molar-refractivity contribution in [2.24, 2.45) is 5.73 Å². The van der Waals surface area contributed by atoms with E-state index in [2.05, 4.69) is 4.98 Å². The zero-order valence-electron chi connectivity index (χ0n) is 7.60. The number of amides is 1. The van der Waals surface area contributed by atoms with Crippen molar-refractivity contribution in [1.82, 2.24) is 9.55 Å². The van der Waals surface area contributed by atoms with Gasteiger partial charge in [-0.25, -0.2) is 9.78 Å². The molecule has 1 heterocycles. The van der Waals surface area contributed by atoms with Gasteiger partial charge in [-0.05, 0) is 12.1 Å². The Morgan fingerprint density at radius 1 is 1.57 bits per heavy atom. The Morgan fingerprint density at radius 2 is 2.36 bits per heavy atom. The maximum absolute atomic E-state index is 11.0. The van der Waals surface area contributed by atoms with Crippen LogP contribution in [0.3, 0.4) is 0 Å². The van der Waals surface area contributed by atoms with Gasteiger partial charge in [-0.15, -0.1) is 0 Å². The maximum Gasteiger partial charge on any atom is 0.324 e. The smallest absolute Gasteiger partial charge is 0.324 e. The van der Waals surface area contributed by atoms with Crippen LogP contribution in [0.25, 0.3) is 11.0 Å². The lowest BCUT2D eigenvalue weighted by molar-refractivity contribution is 0.251. The minimum absolute atomic E-state index is 0.555. The molecule has 5 heteroatoms. The monoisotopic (exact) mass is 191 g/mol. The van der Waals surface area contributed by atoms with Crippen molar-refractivity contribution in [2.45, 2.75) is 0 Å². The fourth-order valence-corrected chi connectivity index (χ4v) is 1.29. The van der Waals surface area contributed by atoms with Crippen LogP contribution in [-0.4, -0.2) is 22.7 Å². The van der Waals surface area contributed by atoms with Crippen molar-refractivity contribution in [3.63, 3.8) is 0 Å². The Kier molecular flexibility index (Phi) is 1.85. The Hall–Kier alpha value is -2.04. The molecule has 1 aromatic carbocycles. The molecule has 1 aromatic heterocycles. The van der Waals surface area contributed by atoms with E-state index in [9.17, 15) is 4.79 Å². The third-order valence-electron chi connectivity index (χ3n) is 1.99. The summed E-state index contributed by atoms with van der Waals surface area (Å²) in [5.41, 5.74) is 6.52. The molecule has 1 amide bonds. The molecule has 0 atom stereocenters. The molecular weight excluding hydrogens is 182 g/mol. The molecule has 0 spiro atoms. The molecule has 2 rings (SSSR count). The minimum atomic E-state index is -0.555. The number of primary amides is 1. The number of aromatic nitrogens is 2. The number of nitrogens with zero attached hydrogens (tertiary/aromatic N) is 2. The van der Waals surface area contributed by atoms with Gasteiger partial charge in [-0.2, -0.15) is 0 Å². The van der Waals surface area contributed by atoms with E-state index in [-0.39, 0.29) is 0 Å². The summed E-state index contributed by atoms with van der Waals surface area (Å²) >= 11 is 0. The standard InChI is InChI=1S/C9H9N3O2/c1-14-6-2-3-7-8(4-6)12(5-11-7)9(10)13/h2-5H,1H3,(H2,10,13). The molecule has 14 heavy (non-hydrogen) atoms. The van der Waals surface area contributed by atoms with E-state index in [4.69, 9.17) is 10.5 Å². The Bertz CT molecular complexity index is 490. The van der Waals surface area contributed by atoms with E-state index in [0.717, 1.165) is 0 Å². The number of carbonyl (C=O) groups is 1. The summed E-state index contributed by atoms with van der Waals surface area (Å²) in [5.74, 6) is 0.667. The van der Waals surface area contributed by atoms with Crippen molar-refractivity contribution in [3.05, 3.63) is 24.5 Å². The molecule has 2 N–H and O–H groups in total. The number of hydrogen-bond acceptors (Lipinski definition) is 3. The first-order valence-electron chi connectivity index (χ1n) is 4.03. The van der Waals surface area contributed by atoms with Gasteiger partial charge in [0.1, 0.15) is 12.1 Å². The molecule has 0 aliphatic heterocycles. The predicted octanol–water partition coefficient (Wildman–Crippen LogP) is 0.972. The second-order valence-corrected chi connectivity index (χ2v) is 2.81. The topological polar surface area (TPSA) is 70.1 Å². The summed E-state index contributed by atoms with van der Waals surface area (Å²) in [6, 6.07) is 4.71. The average molecular weight is 191 g/mol. The van der Waals surface area contributed by atoms with Gasteiger partial charge in [-0.1, -0.05) is 0 Å². The van der Waals surface area contributed by atoms with Gasteiger partial charge in [0.15, 0.2) is 0 Å². The van der Waals surface area contributed by atoms with Crippen LogP contribution in [0.4, 0.5) is 4.79 Å².